The van der Waals surface area contributed by atoms with Crippen molar-refractivity contribution in [3.8, 4) is 11.5 Å². The molecule has 0 saturated heterocycles. The van der Waals surface area contributed by atoms with Crippen molar-refractivity contribution in [3.05, 3.63) is 239 Å². The molecule has 6 nitrogen and oxygen atoms in total. The van der Waals surface area contributed by atoms with Gasteiger partial charge < -0.3 is 0 Å². The molecule has 0 aliphatic carbocycles. The SMILES string of the molecule is COc1cccc(CP(OP(=O)(O)OP(Cc2cccc(OC)c2)(c2ccccc2C)(c2ccccc2C)c2ccccc2C)(c2cccc(C)c2)(c2cccc(C)c2)c2cccc(C)c2)c1. The standard InChI is InChI=1S/C58H61O6P3/c1-43-20-15-30-53(36-43)66(54-31-16-21-44(2)37-54,55-32-17-22-45(3)38-55,41-49-26-18-28-51(39-49)61-7)63-65(59,60)64-67(56-33-12-9-23-46(56)4,57-34-13-10-24-47(57)5,58-35-14-11-25-48(58)6)42-50-27-19-29-52(40-50)62-8/h9-40H,41-42H2,1-8H3,(H,59,60). The number of methoxy groups -OCH3 is 2. The summed E-state index contributed by atoms with van der Waals surface area (Å²) in [6.07, 6.45) is 0.417. The molecule has 67 heavy (non-hydrogen) atoms. The Labute approximate surface area is 397 Å². The van der Waals surface area contributed by atoms with Gasteiger partial charge in [0, 0.05) is 0 Å². The zero-order valence-corrected chi connectivity index (χ0v) is 42.4. The van der Waals surface area contributed by atoms with Crippen molar-refractivity contribution in [2.75, 3.05) is 14.2 Å². The van der Waals surface area contributed by atoms with Crippen LogP contribution in [0.3, 0.4) is 0 Å². The van der Waals surface area contributed by atoms with Gasteiger partial charge in [-0.3, -0.25) is 0 Å². The molecule has 0 bridgehead atoms. The molecule has 0 aliphatic rings. The fourth-order valence-electron chi connectivity index (χ4n) is 10.5. The summed E-state index contributed by atoms with van der Waals surface area (Å²) in [5.41, 5.74) is 7.42. The van der Waals surface area contributed by atoms with Gasteiger partial charge in [0.05, 0.1) is 0 Å². The summed E-state index contributed by atoms with van der Waals surface area (Å²) in [6.45, 7) is 2.70. The molecular formula is C58H61O6P3. The van der Waals surface area contributed by atoms with Crippen molar-refractivity contribution < 1.29 is 27.6 Å². The van der Waals surface area contributed by atoms with E-state index in [-0.39, 0.29) is 12.3 Å². The fourth-order valence-corrected chi connectivity index (χ4v) is 28.0. The molecule has 8 rings (SSSR count). The van der Waals surface area contributed by atoms with Crippen LogP contribution in [0.1, 0.15) is 44.5 Å². The molecule has 0 amide bonds. The minimum atomic E-state index is -5.42. The Hall–Kier alpha value is -5.67. The van der Waals surface area contributed by atoms with Gasteiger partial charge >= 0.3 is 399 Å². The van der Waals surface area contributed by atoms with Gasteiger partial charge in [-0.15, -0.1) is 0 Å². The third kappa shape index (κ3) is 8.51. The Kier molecular flexibility index (Phi) is 13.4. The van der Waals surface area contributed by atoms with E-state index in [2.05, 4.69) is 145 Å². The number of benzene rings is 8. The Morgan fingerprint density at radius 3 is 1.07 bits per heavy atom. The number of hydrogen-bond donors (Lipinski definition) is 1. The Balaban J connectivity index is 1.59. The molecule has 344 valence electrons. The third-order valence-electron chi connectivity index (χ3n) is 13.3. The van der Waals surface area contributed by atoms with E-state index in [1.807, 2.05) is 91.0 Å². The maximum atomic E-state index is 17.2. The van der Waals surface area contributed by atoms with Crippen molar-refractivity contribution in [3.63, 3.8) is 0 Å². The van der Waals surface area contributed by atoms with Gasteiger partial charge in [-0.1, -0.05) is 0 Å². The second-order valence-corrected chi connectivity index (χ2v) is 28.7. The second kappa shape index (κ2) is 18.8. The molecule has 0 aliphatic heterocycles. The zero-order chi connectivity index (χ0) is 47.5. The molecule has 0 fully saturated rings. The molecule has 1 N–H and O–H groups in total. The fraction of sp³-hybridized carbons (Fsp3) is 0.172. The number of hydrogen-bond acceptors (Lipinski definition) is 5. The summed E-state index contributed by atoms with van der Waals surface area (Å²) in [6, 6.07) is 65.2. The molecule has 0 radical (unpaired) electrons. The van der Waals surface area contributed by atoms with Crippen molar-refractivity contribution >= 4 is 53.3 Å². The average molecular weight is 947 g/mol. The molecule has 0 heterocycles. The van der Waals surface area contributed by atoms with Crippen molar-refractivity contribution in [2.24, 2.45) is 0 Å². The van der Waals surface area contributed by atoms with Gasteiger partial charge in [-0.05, 0) is 0 Å². The molecule has 0 saturated carbocycles. The van der Waals surface area contributed by atoms with Crippen LogP contribution in [0.15, 0.2) is 194 Å². The van der Waals surface area contributed by atoms with E-state index in [4.69, 9.17) is 18.1 Å². The summed E-state index contributed by atoms with van der Waals surface area (Å²) >= 11 is 0. The van der Waals surface area contributed by atoms with E-state index in [9.17, 15) is 4.89 Å². The van der Waals surface area contributed by atoms with Crippen LogP contribution < -0.4 is 41.3 Å². The van der Waals surface area contributed by atoms with Gasteiger partial charge in [0.2, 0.25) is 0 Å². The van der Waals surface area contributed by atoms with Crippen molar-refractivity contribution in [2.45, 2.75) is 53.9 Å². The Morgan fingerprint density at radius 1 is 0.403 bits per heavy atom. The van der Waals surface area contributed by atoms with E-state index < -0.39 is 21.5 Å². The van der Waals surface area contributed by atoms with Crippen molar-refractivity contribution in [1.29, 1.82) is 0 Å². The van der Waals surface area contributed by atoms with E-state index in [1.165, 1.54) is 0 Å². The normalized spacial score (nSPS) is 13.9. The number of ether oxygens (including phenoxy) is 2. The summed E-state index contributed by atoms with van der Waals surface area (Å²) in [7, 11) is -2.11. The molecule has 0 aromatic heterocycles. The number of phosphoric acid groups is 1. The van der Waals surface area contributed by atoms with Gasteiger partial charge in [0.1, 0.15) is 0 Å². The average Bonchev–Trinajstić information content (AvgIpc) is 3.31. The van der Waals surface area contributed by atoms with E-state index in [0.717, 1.165) is 76.3 Å². The van der Waals surface area contributed by atoms with Crippen LogP contribution in [0.5, 0.6) is 11.5 Å². The summed E-state index contributed by atoms with van der Waals surface area (Å²) in [4.78, 5) is 14.0. The minimum absolute atomic E-state index is 0.206. The van der Waals surface area contributed by atoms with Gasteiger partial charge in [-0.25, -0.2) is 0 Å². The molecule has 0 spiro atoms. The van der Waals surface area contributed by atoms with Crippen LogP contribution in [-0.2, 0) is 25.5 Å². The third-order valence-corrected chi connectivity index (χ3v) is 28.5. The van der Waals surface area contributed by atoms with Crippen LogP contribution in [0.4, 0.5) is 0 Å². The molecule has 1 unspecified atom stereocenters. The monoisotopic (exact) mass is 946 g/mol. The summed E-state index contributed by atoms with van der Waals surface area (Å²) < 4.78 is 44.9. The summed E-state index contributed by atoms with van der Waals surface area (Å²) in [5, 5.41) is 4.85. The molecular weight excluding hydrogens is 886 g/mol. The molecule has 8 aromatic carbocycles. The quantitative estimate of drug-likeness (QED) is 0.0973. The van der Waals surface area contributed by atoms with E-state index >= 15 is 4.57 Å². The van der Waals surface area contributed by atoms with Crippen LogP contribution >= 0.6 is 21.5 Å². The first-order chi connectivity index (χ1) is 32.1. The molecule has 8 aromatic rings. The van der Waals surface area contributed by atoms with Crippen molar-refractivity contribution in [1.82, 2.24) is 0 Å². The maximum absolute atomic E-state index is 17.2. The Bertz CT molecular complexity index is 2920. The van der Waals surface area contributed by atoms with Gasteiger partial charge in [0.15, 0.2) is 0 Å². The predicted octanol–water partition coefficient (Wildman–Crippen LogP) is 12.3. The zero-order valence-electron chi connectivity index (χ0n) is 39.7. The molecule has 1 atom stereocenters. The summed E-state index contributed by atoms with van der Waals surface area (Å²) in [5.74, 6) is 1.33. The second-order valence-electron chi connectivity index (χ2n) is 18.0. The first kappa shape index (κ1) is 47.8. The van der Waals surface area contributed by atoms with Crippen LogP contribution in [0, 0.1) is 41.5 Å². The van der Waals surface area contributed by atoms with E-state index in [0.29, 0.717) is 11.5 Å². The number of aryl methyl sites for hydroxylation is 6. The first-order valence-electron chi connectivity index (χ1n) is 22.6. The Morgan fingerprint density at radius 2 is 0.731 bits per heavy atom. The van der Waals surface area contributed by atoms with Crippen LogP contribution in [0.2, 0.25) is 0 Å². The first-order valence-corrected chi connectivity index (χ1v) is 28.8. The van der Waals surface area contributed by atoms with Gasteiger partial charge in [0.25, 0.3) is 0 Å². The van der Waals surface area contributed by atoms with Crippen LogP contribution in [-0.4, -0.2) is 19.1 Å². The van der Waals surface area contributed by atoms with Gasteiger partial charge in [-0.2, -0.15) is 0 Å². The predicted molar refractivity (Wildman–Crippen MR) is 284 cm³/mol. The number of rotatable bonds is 16. The van der Waals surface area contributed by atoms with E-state index in [1.54, 1.807) is 14.2 Å². The molecule has 9 heteroatoms. The van der Waals surface area contributed by atoms with Crippen LogP contribution in [0.25, 0.3) is 0 Å². The topological polar surface area (TPSA) is 74.2 Å².